The molecule has 0 aliphatic heterocycles. The van der Waals surface area contributed by atoms with Crippen LogP contribution >= 0.6 is 11.6 Å². The van der Waals surface area contributed by atoms with Gasteiger partial charge in [0.15, 0.2) is 0 Å². The lowest BCUT2D eigenvalue weighted by Crippen LogP contribution is -2.56. The Hall–Kier alpha value is -1.07. The minimum Gasteiger partial charge on any atom is -0.465 e. The number of rotatable bonds is 6. The zero-order valence-corrected chi connectivity index (χ0v) is 13.8. The van der Waals surface area contributed by atoms with Gasteiger partial charge in [-0.25, -0.2) is 4.79 Å². The van der Waals surface area contributed by atoms with E-state index in [0.717, 1.165) is 11.4 Å². The first kappa shape index (κ1) is 17.0. The summed E-state index contributed by atoms with van der Waals surface area (Å²) in [5, 5.41) is 8.29. The number of carbonyl (C=O) groups excluding carboxylic acids is 1. The lowest BCUT2D eigenvalue weighted by molar-refractivity contribution is -0.151. The summed E-state index contributed by atoms with van der Waals surface area (Å²) < 4.78 is 6.94. The molecule has 1 unspecified atom stereocenters. The van der Waals surface area contributed by atoms with Gasteiger partial charge in [0.1, 0.15) is 5.54 Å². The molecule has 1 atom stereocenters. The summed E-state index contributed by atoms with van der Waals surface area (Å²) in [6.45, 7) is 12.1. The Bertz CT molecular complexity index is 485. The Labute approximate surface area is 125 Å². The average Bonchev–Trinajstić information content (AvgIpc) is 2.56. The second kappa shape index (κ2) is 6.59. The Morgan fingerprint density at radius 2 is 2.10 bits per heavy atom. The van der Waals surface area contributed by atoms with Gasteiger partial charge in [-0.3, -0.25) is 10.00 Å². The fourth-order valence-corrected chi connectivity index (χ4v) is 2.36. The number of esters is 1. The molecule has 1 aromatic rings. The first-order chi connectivity index (χ1) is 9.21. The normalized spacial score (nSPS) is 14.4. The Morgan fingerprint density at radius 3 is 2.50 bits per heavy atom. The number of hydrogen-bond donors (Lipinski definition) is 1. The molecule has 0 spiro atoms. The summed E-state index contributed by atoms with van der Waals surface area (Å²) in [6, 6.07) is 0.150. The van der Waals surface area contributed by atoms with Crippen LogP contribution in [0.15, 0.2) is 0 Å². The van der Waals surface area contributed by atoms with Gasteiger partial charge in [-0.1, -0.05) is 11.6 Å². The molecule has 0 aliphatic rings. The highest BCUT2D eigenvalue weighted by atomic mass is 35.5. The molecule has 6 heteroatoms. The van der Waals surface area contributed by atoms with E-state index >= 15 is 0 Å². The van der Waals surface area contributed by atoms with Crippen LogP contribution in [0.25, 0.3) is 0 Å². The maximum atomic E-state index is 12.2. The molecule has 0 saturated carbocycles. The van der Waals surface area contributed by atoms with Gasteiger partial charge in [0.2, 0.25) is 0 Å². The summed E-state index contributed by atoms with van der Waals surface area (Å²) >= 11 is 6.15. The van der Waals surface area contributed by atoms with Crippen molar-refractivity contribution in [3.63, 3.8) is 0 Å². The first-order valence-corrected chi connectivity index (χ1v) is 7.23. The number of aromatic nitrogens is 2. The van der Waals surface area contributed by atoms with E-state index in [4.69, 9.17) is 16.3 Å². The SMILES string of the molecule is CCOC(=O)C(C)(Cn1nc(C)c(Cl)c1C)NC(C)C. The predicted molar refractivity (Wildman–Crippen MR) is 80.0 cm³/mol. The summed E-state index contributed by atoms with van der Waals surface area (Å²) in [4.78, 5) is 12.2. The van der Waals surface area contributed by atoms with E-state index in [0.29, 0.717) is 18.2 Å². The van der Waals surface area contributed by atoms with Gasteiger partial charge in [-0.15, -0.1) is 0 Å². The standard InChI is InChI=1S/C14H24ClN3O2/c1-7-20-13(19)14(6,16-9(2)3)8-18-11(5)12(15)10(4)17-18/h9,16H,7-8H2,1-6H3. The van der Waals surface area contributed by atoms with Gasteiger partial charge in [0.05, 0.1) is 29.6 Å². The van der Waals surface area contributed by atoms with Crippen molar-refractivity contribution in [2.75, 3.05) is 6.61 Å². The van der Waals surface area contributed by atoms with E-state index in [1.165, 1.54) is 0 Å². The fourth-order valence-electron chi connectivity index (χ4n) is 2.23. The van der Waals surface area contributed by atoms with Crippen molar-refractivity contribution in [1.82, 2.24) is 15.1 Å². The Morgan fingerprint density at radius 1 is 1.50 bits per heavy atom. The van der Waals surface area contributed by atoms with Crippen molar-refractivity contribution in [2.24, 2.45) is 0 Å². The van der Waals surface area contributed by atoms with Crippen molar-refractivity contribution in [1.29, 1.82) is 0 Å². The third-order valence-corrected chi connectivity index (χ3v) is 3.64. The lowest BCUT2D eigenvalue weighted by Gasteiger charge is -2.31. The van der Waals surface area contributed by atoms with Gasteiger partial charge in [0.25, 0.3) is 0 Å². The third-order valence-electron chi connectivity index (χ3n) is 3.09. The van der Waals surface area contributed by atoms with Gasteiger partial charge >= 0.3 is 5.97 Å². The van der Waals surface area contributed by atoms with Crippen LogP contribution in [0, 0.1) is 13.8 Å². The number of nitrogens with one attached hydrogen (secondary N) is 1. The number of hydrogen-bond acceptors (Lipinski definition) is 4. The molecule has 114 valence electrons. The first-order valence-electron chi connectivity index (χ1n) is 6.85. The number of ether oxygens (including phenoxy) is 1. The van der Waals surface area contributed by atoms with E-state index in [1.807, 2.05) is 34.6 Å². The van der Waals surface area contributed by atoms with Crippen LogP contribution < -0.4 is 5.32 Å². The lowest BCUT2D eigenvalue weighted by atomic mass is 10.0. The second-order valence-electron chi connectivity index (χ2n) is 5.49. The molecule has 0 aromatic carbocycles. The van der Waals surface area contributed by atoms with Crippen molar-refractivity contribution >= 4 is 17.6 Å². The van der Waals surface area contributed by atoms with Gasteiger partial charge < -0.3 is 4.74 Å². The maximum Gasteiger partial charge on any atom is 0.327 e. The molecular weight excluding hydrogens is 278 g/mol. The van der Waals surface area contributed by atoms with E-state index in [2.05, 4.69) is 10.4 Å². The zero-order valence-electron chi connectivity index (χ0n) is 13.1. The van der Waals surface area contributed by atoms with Crippen LogP contribution in [0.5, 0.6) is 0 Å². The van der Waals surface area contributed by atoms with Gasteiger partial charge in [0, 0.05) is 6.04 Å². The predicted octanol–water partition coefficient (Wildman–Crippen LogP) is 2.47. The molecule has 1 aromatic heterocycles. The third kappa shape index (κ3) is 3.73. The molecule has 0 radical (unpaired) electrons. The van der Waals surface area contributed by atoms with Gasteiger partial charge in [-0.05, 0) is 41.5 Å². The molecule has 1 heterocycles. The van der Waals surface area contributed by atoms with Crippen LogP contribution in [-0.2, 0) is 16.1 Å². The summed E-state index contributed by atoms with van der Waals surface area (Å²) in [7, 11) is 0. The molecule has 1 N–H and O–H groups in total. The number of halogens is 1. The monoisotopic (exact) mass is 301 g/mol. The molecule has 0 fully saturated rings. The largest absolute Gasteiger partial charge is 0.465 e. The van der Waals surface area contributed by atoms with Crippen LogP contribution in [-0.4, -0.2) is 33.9 Å². The van der Waals surface area contributed by atoms with Gasteiger partial charge in [-0.2, -0.15) is 5.10 Å². The van der Waals surface area contributed by atoms with Crippen molar-refractivity contribution in [3.05, 3.63) is 16.4 Å². The number of carbonyl (C=O) groups is 1. The molecule has 0 amide bonds. The highest BCUT2D eigenvalue weighted by Gasteiger charge is 2.36. The van der Waals surface area contributed by atoms with Crippen LogP contribution in [0.1, 0.15) is 39.1 Å². The molecule has 5 nitrogen and oxygen atoms in total. The molecule has 0 saturated heterocycles. The van der Waals surface area contributed by atoms with Crippen LogP contribution in [0.4, 0.5) is 0 Å². The minimum atomic E-state index is -0.837. The summed E-state index contributed by atoms with van der Waals surface area (Å²) in [6.07, 6.45) is 0. The van der Waals surface area contributed by atoms with Crippen molar-refractivity contribution in [2.45, 2.75) is 59.7 Å². The highest BCUT2D eigenvalue weighted by molar-refractivity contribution is 6.31. The number of aryl methyl sites for hydroxylation is 1. The fraction of sp³-hybridized carbons (Fsp3) is 0.714. The van der Waals surface area contributed by atoms with E-state index in [-0.39, 0.29) is 12.0 Å². The van der Waals surface area contributed by atoms with Crippen molar-refractivity contribution in [3.8, 4) is 0 Å². The molecule has 1 rings (SSSR count). The molecule has 20 heavy (non-hydrogen) atoms. The molecule has 0 aliphatic carbocycles. The molecule has 0 bridgehead atoms. The van der Waals surface area contributed by atoms with Crippen LogP contribution in [0.2, 0.25) is 5.02 Å². The second-order valence-corrected chi connectivity index (χ2v) is 5.87. The summed E-state index contributed by atoms with van der Waals surface area (Å²) in [5.41, 5.74) is 0.779. The van der Waals surface area contributed by atoms with E-state index in [1.54, 1.807) is 11.6 Å². The van der Waals surface area contributed by atoms with E-state index < -0.39 is 5.54 Å². The smallest absolute Gasteiger partial charge is 0.327 e. The summed E-state index contributed by atoms with van der Waals surface area (Å²) in [5.74, 6) is -0.280. The molecular formula is C14H24ClN3O2. The average molecular weight is 302 g/mol. The Balaban J connectivity index is 3.05. The van der Waals surface area contributed by atoms with Crippen LogP contribution in [0.3, 0.4) is 0 Å². The quantitative estimate of drug-likeness (QED) is 0.820. The minimum absolute atomic E-state index is 0.150. The van der Waals surface area contributed by atoms with Crippen molar-refractivity contribution < 1.29 is 9.53 Å². The number of nitrogens with zero attached hydrogens (tertiary/aromatic N) is 2. The topological polar surface area (TPSA) is 56.2 Å². The van der Waals surface area contributed by atoms with E-state index in [9.17, 15) is 4.79 Å². The maximum absolute atomic E-state index is 12.2. The Kier molecular flexibility index (Phi) is 5.59. The highest BCUT2D eigenvalue weighted by Crippen LogP contribution is 2.21. The zero-order chi connectivity index (χ0) is 15.5.